The first-order chi connectivity index (χ1) is 10.1. The van der Waals surface area contributed by atoms with Crippen LogP contribution < -0.4 is 15.1 Å². The summed E-state index contributed by atoms with van der Waals surface area (Å²) in [7, 11) is 1.35. The van der Waals surface area contributed by atoms with E-state index in [4.69, 9.17) is 4.74 Å². The van der Waals surface area contributed by atoms with E-state index in [1.807, 2.05) is 0 Å². The van der Waals surface area contributed by atoms with E-state index in [0.717, 1.165) is 0 Å². The topological polar surface area (TPSA) is 77.5 Å². The minimum atomic E-state index is -0.598. The average molecular weight is 290 g/mol. The predicted octanol–water partition coefficient (Wildman–Crippen LogP) is 2.82. The van der Waals surface area contributed by atoms with Crippen molar-refractivity contribution in [2.24, 2.45) is 0 Å². The minimum Gasteiger partial charge on any atom is -0.761 e. The van der Waals surface area contributed by atoms with Crippen molar-refractivity contribution in [2.75, 3.05) is 17.5 Å². The van der Waals surface area contributed by atoms with E-state index in [0.29, 0.717) is 0 Å². The molecular weight excluding hydrogens is 277 g/mol. The summed E-state index contributed by atoms with van der Waals surface area (Å²) in [4.78, 5) is 17.1. The Bertz CT molecular complexity index is 664. The zero-order chi connectivity index (χ0) is 15.4. The number of anilines is 3. The number of methoxy groups -OCH3 is 1. The zero-order valence-corrected chi connectivity index (χ0v) is 11.5. The summed E-state index contributed by atoms with van der Waals surface area (Å²) in [5, 5.41) is 10.7. The van der Waals surface area contributed by atoms with Gasteiger partial charge in [-0.1, -0.05) is 0 Å². The van der Waals surface area contributed by atoms with Crippen LogP contribution in [0, 0.1) is 11.0 Å². The Morgan fingerprint density at radius 1 is 1.38 bits per heavy atom. The molecule has 1 N–H and O–H groups in total. The maximum atomic E-state index is 13.8. The van der Waals surface area contributed by atoms with Crippen LogP contribution in [0.4, 0.5) is 21.6 Å². The van der Waals surface area contributed by atoms with E-state index in [2.05, 4.69) is 4.98 Å². The summed E-state index contributed by atoms with van der Waals surface area (Å²) in [6, 6.07) is 6.97. The van der Waals surface area contributed by atoms with Crippen LogP contribution in [0.3, 0.4) is 0 Å². The summed E-state index contributed by atoms with van der Waals surface area (Å²) in [6.45, 7) is 1.32. The van der Waals surface area contributed by atoms with Gasteiger partial charge in [-0.05, 0) is 18.2 Å². The number of nitrogens with zero attached hydrogens (tertiary/aromatic N) is 2. The molecule has 21 heavy (non-hydrogen) atoms. The van der Waals surface area contributed by atoms with Crippen LogP contribution in [-0.2, 0) is 4.79 Å². The van der Waals surface area contributed by atoms with E-state index >= 15 is 0 Å². The number of pyridine rings is 1. The number of ether oxygens (including phenoxy) is 1. The molecule has 0 saturated carbocycles. The number of hydrogen-bond donors (Lipinski definition) is 1. The van der Waals surface area contributed by atoms with E-state index in [9.17, 15) is 14.4 Å². The predicted molar refractivity (Wildman–Crippen MR) is 77.0 cm³/mol. The van der Waals surface area contributed by atoms with Crippen molar-refractivity contribution in [2.45, 2.75) is 6.92 Å². The highest BCUT2D eigenvalue weighted by molar-refractivity contribution is 5.98. The lowest BCUT2D eigenvalue weighted by molar-refractivity contribution is -0.115. The van der Waals surface area contributed by atoms with Crippen LogP contribution in [0.5, 0.6) is 5.75 Å². The molecule has 6 nitrogen and oxygen atoms in total. The highest BCUT2D eigenvalue weighted by atomic mass is 19.1. The number of nitrogens with one attached hydrogen (secondary N) is 1. The maximum absolute atomic E-state index is 13.8. The SMILES string of the molecule is COc1ccc(N(C(C)=O)c2cc(N[O-])ccn2)cc1F. The Morgan fingerprint density at radius 2 is 2.14 bits per heavy atom. The molecule has 0 aliphatic carbocycles. The van der Waals surface area contributed by atoms with Gasteiger partial charge in [0.25, 0.3) is 0 Å². The van der Waals surface area contributed by atoms with Crippen LogP contribution in [0.15, 0.2) is 36.5 Å². The molecule has 1 aromatic carbocycles. The lowest BCUT2D eigenvalue weighted by Crippen LogP contribution is -2.23. The first kappa shape index (κ1) is 14.7. The summed E-state index contributed by atoms with van der Waals surface area (Å²) >= 11 is 0. The highest BCUT2D eigenvalue weighted by Crippen LogP contribution is 2.29. The van der Waals surface area contributed by atoms with Crippen molar-refractivity contribution < 1.29 is 13.9 Å². The van der Waals surface area contributed by atoms with Gasteiger partial charge in [0, 0.05) is 30.9 Å². The summed E-state index contributed by atoms with van der Waals surface area (Å²) in [5.41, 5.74) is 2.26. The molecule has 0 aliphatic rings. The second-order valence-electron chi connectivity index (χ2n) is 4.18. The molecule has 0 atom stereocenters. The number of aromatic nitrogens is 1. The van der Waals surface area contributed by atoms with Gasteiger partial charge in [0.2, 0.25) is 5.91 Å². The van der Waals surface area contributed by atoms with Gasteiger partial charge in [0.1, 0.15) is 5.82 Å². The molecule has 0 radical (unpaired) electrons. The Labute approximate surface area is 120 Å². The van der Waals surface area contributed by atoms with Gasteiger partial charge < -0.3 is 15.4 Å². The summed E-state index contributed by atoms with van der Waals surface area (Å²) in [5.74, 6) is -0.674. The van der Waals surface area contributed by atoms with Gasteiger partial charge in [0.05, 0.1) is 12.8 Å². The Kier molecular flexibility index (Phi) is 4.34. The van der Waals surface area contributed by atoms with E-state index in [-0.39, 0.29) is 28.8 Å². The number of amides is 1. The van der Waals surface area contributed by atoms with E-state index < -0.39 is 5.82 Å². The number of carbonyl (C=O) groups is 1. The van der Waals surface area contributed by atoms with Gasteiger partial charge in [0.15, 0.2) is 11.6 Å². The minimum absolute atomic E-state index is 0.0742. The molecule has 1 amide bonds. The molecule has 1 aromatic heterocycles. The number of carbonyl (C=O) groups excluding carboxylic acids is 1. The van der Waals surface area contributed by atoms with Gasteiger partial charge in [-0.15, -0.1) is 0 Å². The zero-order valence-electron chi connectivity index (χ0n) is 11.5. The normalized spacial score (nSPS) is 10.1. The second-order valence-corrected chi connectivity index (χ2v) is 4.18. The molecular formula is C14H13FN3O3-. The Balaban J connectivity index is 2.48. The monoisotopic (exact) mass is 290 g/mol. The number of halogens is 1. The van der Waals surface area contributed by atoms with Crippen LogP contribution in [0.1, 0.15) is 6.92 Å². The van der Waals surface area contributed by atoms with Crippen molar-refractivity contribution in [3.63, 3.8) is 0 Å². The van der Waals surface area contributed by atoms with Crippen LogP contribution in [0.2, 0.25) is 0 Å². The fourth-order valence-corrected chi connectivity index (χ4v) is 1.87. The van der Waals surface area contributed by atoms with Gasteiger partial charge in [-0.3, -0.25) is 9.69 Å². The smallest absolute Gasteiger partial charge is 0.229 e. The molecule has 2 aromatic rings. The van der Waals surface area contributed by atoms with Crippen LogP contribution in [0.25, 0.3) is 0 Å². The van der Waals surface area contributed by atoms with Crippen LogP contribution >= 0.6 is 0 Å². The molecule has 1 heterocycles. The van der Waals surface area contributed by atoms with E-state index in [1.165, 1.54) is 55.5 Å². The molecule has 0 unspecified atom stereocenters. The third-order valence-corrected chi connectivity index (χ3v) is 2.80. The average Bonchev–Trinajstić information content (AvgIpc) is 2.47. The molecule has 2 rings (SSSR count). The fourth-order valence-electron chi connectivity index (χ4n) is 1.87. The Morgan fingerprint density at radius 3 is 2.71 bits per heavy atom. The second kappa shape index (κ2) is 6.19. The fraction of sp³-hybridized carbons (Fsp3) is 0.143. The third-order valence-electron chi connectivity index (χ3n) is 2.80. The molecule has 0 spiro atoms. The Hall–Kier alpha value is -2.67. The van der Waals surface area contributed by atoms with Gasteiger partial charge >= 0.3 is 0 Å². The summed E-state index contributed by atoms with van der Waals surface area (Å²) < 4.78 is 18.6. The highest BCUT2D eigenvalue weighted by Gasteiger charge is 2.17. The van der Waals surface area contributed by atoms with Crippen molar-refractivity contribution in [3.8, 4) is 5.75 Å². The van der Waals surface area contributed by atoms with Crippen molar-refractivity contribution in [1.29, 1.82) is 0 Å². The van der Waals surface area contributed by atoms with Gasteiger partial charge in [-0.25, -0.2) is 9.37 Å². The molecule has 0 bridgehead atoms. The molecule has 0 saturated heterocycles. The first-order valence-electron chi connectivity index (χ1n) is 6.05. The van der Waals surface area contributed by atoms with Crippen molar-refractivity contribution in [3.05, 3.63) is 47.6 Å². The molecule has 0 fully saturated rings. The van der Waals surface area contributed by atoms with E-state index in [1.54, 1.807) is 5.48 Å². The number of hydrogen-bond acceptors (Lipinski definition) is 5. The maximum Gasteiger partial charge on any atom is 0.229 e. The third kappa shape index (κ3) is 3.09. The molecule has 0 aliphatic heterocycles. The number of rotatable bonds is 4. The largest absolute Gasteiger partial charge is 0.761 e. The first-order valence-corrected chi connectivity index (χ1v) is 6.05. The molecule has 7 heteroatoms. The summed E-state index contributed by atoms with van der Waals surface area (Å²) in [6.07, 6.45) is 1.38. The van der Waals surface area contributed by atoms with Crippen molar-refractivity contribution >= 4 is 23.1 Å². The number of benzene rings is 1. The van der Waals surface area contributed by atoms with Crippen molar-refractivity contribution in [1.82, 2.24) is 4.98 Å². The lowest BCUT2D eigenvalue weighted by atomic mass is 10.2. The lowest BCUT2D eigenvalue weighted by Gasteiger charge is -2.22. The molecule has 110 valence electrons. The van der Waals surface area contributed by atoms with Crippen LogP contribution in [-0.4, -0.2) is 18.0 Å². The van der Waals surface area contributed by atoms with Gasteiger partial charge in [-0.2, -0.15) is 0 Å². The quantitative estimate of drug-likeness (QED) is 0.876. The standard InChI is InChI=1S/C14H13FN3O3/c1-9(19)18(14-7-10(17-20)5-6-16-14)11-3-4-13(21-2)12(15)8-11/h3-8H,1-2H3,(H-,16,17,20)/q-1.